The Morgan fingerprint density at radius 2 is 2.20 bits per heavy atom. The van der Waals surface area contributed by atoms with E-state index >= 15 is 0 Å². The number of nitrogens with zero attached hydrogens (tertiary/aromatic N) is 3. The molecule has 3 heterocycles. The summed E-state index contributed by atoms with van der Waals surface area (Å²) >= 11 is 0. The van der Waals surface area contributed by atoms with Gasteiger partial charge in [-0.25, -0.2) is 0 Å². The molecule has 0 aliphatic heterocycles. The molecule has 3 aromatic rings. The summed E-state index contributed by atoms with van der Waals surface area (Å²) in [6, 6.07) is 10.1. The number of hydrogen-bond acceptors (Lipinski definition) is 4. The van der Waals surface area contributed by atoms with Gasteiger partial charge in [0.1, 0.15) is 11.6 Å². The second-order valence-electron chi connectivity index (χ2n) is 4.73. The molecular weight excluding hydrogens is 252 g/mol. The molecule has 1 unspecified atom stereocenters. The summed E-state index contributed by atoms with van der Waals surface area (Å²) in [5, 5.41) is 11.9. The fraction of sp³-hybridized carbons (Fsp3) is 0.333. The molecule has 0 aromatic carbocycles. The van der Waals surface area contributed by atoms with E-state index in [4.69, 9.17) is 4.42 Å². The highest BCUT2D eigenvalue weighted by Crippen LogP contribution is 2.16. The Hall–Kier alpha value is -2.14. The average molecular weight is 270 g/mol. The van der Waals surface area contributed by atoms with Crippen LogP contribution in [0.5, 0.6) is 0 Å². The molecule has 1 atom stereocenters. The van der Waals surface area contributed by atoms with E-state index in [2.05, 4.69) is 22.4 Å². The van der Waals surface area contributed by atoms with Gasteiger partial charge >= 0.3 is 0 Å². The Bertz CT molecular complexity index is 659. The van der Waals surface area contributed by atoms with Crippen molar-refractivity contribution in [2.45, 2.75) is 25.8 Å². The Morgan fingerprint density at radius 1 is 1.25 bits per heavy atom. The van der Waals surface area contributed by atoms with E-state index in [1.54, 1.807) is 6.26 Å². The molecule has 5 heteroatoms. The molecule has 3 aromatic heterocycles. The third kappa shape index (κ3) is 2.58. The fourth-order valence-corrected chi connectivity index (χ4v) is 2.36. The van der Waals surface area contributed by atoms with E-state index in [0.717, 1.165) is 36.6 Å². The summed E-state index contributed by atoms with van der Waals surface area (Å²) in [6.45, 7) is 2.99. The van der Waals surface area contributed by atoms with Crippen LogP contribution in [0.2, 0.25) is 0 Å². The van der Waals surface area contributed by atoms with E-state index in [-0.39, 0.29) is 6.04 Å². The number of nitrogens with one attached hydrogen (secondary N) is 1. The first-order valence-corrected chi connectivity index (χ1v) is 6.94. The van der Waals surface area contributed by atoms with Gasteiger partial charge in [0.15, 0.2) is 5.65 Å². The topological polar surface area (TPSA) is 55.4 Å². The molecule has 104 valence electrons. The fourth-order valence-electron chi connectivity index (χ4n) is 2.36. The minimum absolute atomic E-state index is 0.254. The number of rotatable bonds is 6. The number of fused-ring (bicyclic) bond motifs is 1. The van der Waals surface area contributed by atoms with Crippen molar-refractivity contribution in [3.05, 3.63) is 54.4 Å². The van der Waals surface area contributed by atoms with Gasteiger partial charge in [-0.1, -0.05) is 13.0 Å². The second-order valence-corrected chi connectivity index (χ2v) is 4.73. The quantitative estimate of drug-likeness (QED) is 0.748. The van der Waals surface area contributed by atoms with E-state index in [1.165, 1.54) is 0 Å². The van der Waals surface area contributed by atoms with Crippen molar-refractivity contribution in [2.75, 3.05) is 6.54 Å². The second kappa shape index (κ2) is 5.88. The summed E-state index contributed by atoms with van der Waals surface area (Å²) in [5.74, 6) is 1.96. The van der Waals surface area contributed by atoms with Gasteiger partial charge < -0.3 is 9.73 Å². The van der Waals surface area contributed by atoms with Crippen LogP contribution in [0.15, 0.2) is 47.2 Å². The predicted octanol–water partition coefficient (Wildman–Crippen LogP) is 2.61. The van der Waals surface area contributed by atoms with Crippen molar-refractivity contribution in [1.29, 1.82) is 0 Å². The molecule has 0 fully saturated rings. The minimum Gasteiger partial charge on any atom is -0.468 e. The first-order chi connectivity index (χ1) is 9.88. The van der Waals surface area contributed by atoms with Crippen LogP contribution in [0.4, 0.5) is 0 Å². The number of hydrogen-bond donors (Lipinski definition) is 1. The van der Waals surface area contributed by atoms with Crippen LogP contribution in [0, 0.1) is 0 Å². The van der Waals surface area contributed by atoms with Crippen molar-refractivity contribution in [2.24, 2.45) is 0 Å². The van der Waals surface area contributed by atoms with Gasteiger partial charge in [0, 0.05) is 19.2 Å². The first kappa shape index (κ1) is 12.9. The summed E-state index contributed by atoms with van der Waals surface area (Å²) < 4.78 is 7.47. The van der Waals surface area contributed by atoms with Gasteiger partial charge in [0.2, 0.25) is 0 Å². The number of pyridine rings is 1. The van der Waals surface area contributed by atoms with Gasteiger partial charge in [-0.2, -0.15) is 0 Å². The maximum absolute atomic E-state index is 5.45. The van der Waals surface area contributed by atoms with Crippen molar-refractivity contribution >= 4 is 5.65 Å². The lowest BCUT2D eigenvalue weighted by Gasteiger charge is -2.13. The summed E-state index contributed by atoms with van der Waals surface area (Å²) in [5.41, 5.74) is 0.889. The summed E-state index contributed by atoms with van der Waals surface area (Å²) in [4.78, 5) is 0. The zero-order valence-corrected chi connectivity index (χ0v) is 11.5. The third-order valence-corrected chi connectivity index (χ3v) is 3.42. The van der Waals surface area contributed by atoms with Crippen LogP contribution in [-0.2, 0) is 6.42 Å². The van der Waals surface area contributed by atoms with Crippen molar-refractivity contribution in [3.63, 3.8) is 0 Å². The third-order valence-electron chi connectivity index (χ3n) is 3.42. The largest absolute Gasteiger partial charge is 0.468 e. The first-order valence-electron chi connectivity index (χ1n) is 6.94. The molecule has 1 N–H and O–H groups in total. The maximum atomic E-state index is 5.45. The molecule has 3 rings (SSSR count). The molecule has 0 spiro atoms. The molecular formula is C15H18N4O. The maximum Gasteiger partial charge on any atom is 0.160 e. The summed E-state index contributed by atoms with van der Waals surface area (Å²) in [6.07, 6.45) is 5.54. The number of furan rings is 1. The molecule has 0 amide bonds. The van der Waals surface area contributed by atoms with Gasteiger partial charge in [-0.15, -0.1) is 10.2 Å². The average Bonchev–Trinajstić information content (AvgIpc) is 3.14. The zero-order chi connectivity index (χ0) is 13.8. The molecule has 0 saturated carbocycles. The van der Waals surface area contributed by atoms with E-state index in [1.807, 2.05) is 40.9 Å². The van der Waals surface area contributed by atoms with Gasteiger partial charge in [-0.3, -0.25) is 4.40 Å². The predicted molar refractivity (Wildman–Crippen MR) is 76.4 cm³/mol. The Balaban J connectivity index is 1.62. The molecule has 0 saturated heterocycles. The van der Waals surface area contributed by atoms with E-state index in [9.17, 15) is 0 Å². The lowest BCUT2D eigenvalue weighted by atomic mass is 10.1. The Kier molecular flexibility index (Phi) is 3.78. The highest BCUT2D eigenvalue weighted by atomic mass is 16.3. The summed E-state index contributed by atoms with van der Waals surface area (Å²) in [7, 11) is 0. The van der Waals surface area contributed by atoms with Crippen LogP contribution < -0.4 is 5.32 Å². The van der Waals surface area contributed by atoms with E-state index < -0.39 is 0 Å². The molecule has 5 nitrogen and oxygen atoms in total. The van der Waals surface area contributed by atoms with Crippen LogP contribution in [0.3, 0.4) is 0 Å². The molecule has 20 heavy (non-hydrogen) atoms. The molecule has 0 radical (unpaired) electrons. The van der Waals surface area contributed by atoms with Gasteiger partial charge in [-0.05, 0) is 30.7 Å². The van der Waals surface area contributed by atoms with Crippen LogP contribution in [0.25, 0.3) is 5.65 Å². The van der Waals surface area contributed by atoms with Crippen molar-refractivity contribution in [3.8, 4) is 0 Å². The van der Waals surface area contributed by atoms with Crippen molar-refractivity contribution < 1.29 is 4.42 Å². The SMILES string of the molecule is CCC(NCCc1nnc2ccccn12)c1ccco1. The minimum atomic E-state index is 0.254. The van der Waals surface area contributed by atoms with Gasteiger partial charge in [0.05, 0.1) is 12.3 Å². The van der Waals surface area contributed by atoms with E-state index in [0.29, 0.717) is 0 Å². The normalized spacial score (nSPS) is 12.8. The monoisotopic (exact) mass is 270 g/mol. The van der Waals surface area contributed by atoms with Crippen LogP contribution in [0.1, 0.15) is 31.0 Å². The lowest BCUT2D eigenvalue weighted by Crippen LogP contribution is -2.23. The Morgan fingerprint density at radius 3 is 3.00 bits per heavy atom. The lowest BCUT2D eigenvalue weighted by molar-refractivity contribution is 0.405. The molecule has 0 aliphatic rings. The molecule has 0 aliphatic carbocycles. The smallest absolute Gasteiger partial charge is 0.160 e. The van der Waals surface area contributed by atoms with Crippen molar-refractivity contribution in [1.82, 2.24) is 19.9 Å². The highest BCUT2D eigenvalue weighted by molar-refractivity contribution is 5.36. The highest BCUT2D eigenvalue weighted by Gasteiger charge is 2.11. The Labute approximate surface area is 117 Å². The molecule has 0 bridgehead atoms. The van der Waals surface area contributed by atoms with Crippen LogP contribution in [-0.4, -0.2) is 21.1 Å². The van der Waals surface area contributed by atoms with Crippen LogP contribution >= 0.6 is 0 Å². The zero-order valence-electron chi connectivity index (χ0n) is 11.5. The van der Waals surface area contributed by atoms with Gasteiger partial charge in [0.25, 0.3) is 0 Å². The number of aromatic nitrogens is 3. The standard InChI is InChI=1S/C15H18N4O/c1-2-12(13-6-5-11-20-13)16-9-8-15-18-17-14-7-3-4-10-19(14)15/h3-7,10-12,16H,2,8-9H2,1H3.